The molecule has 0 aromatic heterocycles. The topological polar surface area (TPSA) is 67.8 Å². The zero-order valence-corrected chi connectivity index (χ0v) is 15.7. The largest absolute Gasteiger partial charge is 0.503 e. The Hall–Kier alpha value is -2.38. The second-order valence-electron chi connectivity index (χ2n) is 6.66. The maximum absolute atomic E-state index is 13.3. The SMILES string of the molecule is O=C(NC[C@H]1CC[C@@H](COc2ccc(Cl)cc2)CO1)c1cc(F)c(O)c(F)c1. The van der Waals surface area contributed by atoms with Gasteiger partial charge >= 0.3 is 0 Å². The second kappa shape index (κ2) is 9.21. The van der Waals surface area contributed by atoms with Gasteiger partial charge in [0.2, 0.25) is 0 Å². The van der Waals surface area contributed by atoms with Gasteiger partial charge in [0.05, 0.1) is 19.3 Å². The predicted molar refractivity (Wildman–Crippen MR) is 99.8 cm³/mol. The van der Waals surface area contributed by atoms with Crippen molar-refractivity contribution in [2.24, 2.45) is 5.92 Å². The number of phenolic OH excluding ortho intramolecular Hbond substituents is 1. The number of rotatable bonds is 6. The Labute approximate surface area is 166 Å². The number of nitrogens with one attached hydrogen (secondary N) is 1. The molecule has 8 heteroatoms. The molecule has 150 valence electrons. The summed E-state index contributed by atoms with van der Waals surface area (Å²) in [5.41, 5.74) is -0.196. The third-order valence-corrected chi connectivity index (χ3v) is 4.79. The Morgan fingerprint density at radius 3 is 2.50 bits per heavy atom. The van der Waals surface area contributed by atoms with E-state index >= 15 is 0 Å². The van der Waals surface area contributed by atoms with Gasteiger partial charge in [-0.25, -0.2) is 8.78 Å². The molecule has 1 amide bonds. The number of hydrogen-bond acceptors (Lipinski definition) is 4. The fourth-order valence-corrected chi connectivity index (χ4v) is 3.03. The van der Waals surface area contributed by atoms with Gasteiger partial charge in [-0.05, 0) is 49.2 Å². The van der Waals surface area contributed by atoms with Crippen molar-refractivity contribution in [3.63, 3.8) is 0 Å². The molecule has 2 atom stereocenters. The highest BCUT2D eigenvalue weighted by Gasteiger charge is 2.23. The Morgan fingerprint density at radius 2 is 1.89 bits per heavy atom. The van der Waals surface area contributed by atoms with E-state index in [1.807, 2.05) is 0 Å². The maximum Gasteiger partial charge on any atom is 0.251 e. The van der Waals surface area contributed by atoms with Gasteiger partial charge in [0.15, 0.2) is 17.4 Å². The van der Waals surface area contributed by atoms with Gasteiger partial charge in [0.25, 0.3) is 5.91 Å². The number of carbonyl (C=O) groups excluding carboxylic acids is 1. The van der Waals surface area contributed by atoms with Crippen LogP contribution in [0.1, 0.15) is 23.2 Å². The van der Waals surface area contributed by atoms with Gasteiger partial charge in [-0.2, -0.15) is 0 Å². The molecule has 0 unspecified atom stereocenters. The molecule has 2 N–H and O–H groups in total. The molecule has 28 heavy (non-hydrogen) atoms. The minimum absolute atomic E-state index is 0.178. The molecule has 0 radical (unpaired) electrons. The second-order valence-corrected chi connectivity index (χ2v) is 7.10. The number of hydrogen-bond donors (Lipinski definition) is 2. The van der Waals surface area contributed by atoms with Gasteiger partial charge in [-0.3, -0.25) is 4.79 Å². The van der Waals surface area contributed by atoms with E-state index in [0.29, 0.717) is 18.2 Å². The summed E-state index contributed by atoms with van der Waals surface area (Å²) in [5, 5.41) is 12.3. The van der Waals surface area contributed by atoms with E-state index in [1.165, 1.54) is 0 Å². The molecule has 1 heterocycles. The quantitative estimate of drug-likeness (QED) is 0.755. The van der Waals surface area contributed by atoms with Crippen LogP contribution in [-0.4, -0.2) is 36.9 Å². The summed E-state index contributed by atoms with van der Waals surface area (Å²) in [7, 11) is 0. The van der Waals surface area contributed by atoms with E-state index in [1.54, 1.807) is 24.3 Å². The third-order valence-electron chi connectivity index (χ3n) is 4.53. The Bertz CT molecular complexity index is 800. The van der Waals surface area contributed by atoms with E-state index in [9.17, 15) is 13.6 Å². The van der Waals surface area contributed by atoms with Crippen LogP contribution in [0.5, 0.6) is 11.5 Å². The molecule has 5 nitrogen and oxygen atoms in total. The van der Waals surface area contributed by atoms with Crippen LogP contribution in [0.2, 0.25) is 5.02 Å². The van der Waals surface area contributed by atoms with Crippen molar-refractivity contribution in [2.75, 3.05) is 19.8 Å². The molecular formula is C20H20ClF2NO4. The third kappa shape index (κ3) is 5.33. The number of phenols is 1. The molecule has 0 spiro atoms. The number of amides is 1. The molecule has 1 fully saturated rings. The highest BCUT2D eigenvalue weighted by atomic mass is 35.5. The lowest BCUT2D eigenvalue weighted by molar-refractivity contribution is -0.0251. The smallest absolute Gasteiger partial charge is 0.251 e. The van der Waals surface area contributed by atoms with Crippen molar-refractivity contribution in [1.82, 2.24) is 5.32 Å². The lowest BCUT2D eigenvalue weighted by Crippen LogP contribution is -2.38. The summed E-state index contributed by atoms with van der Waals surface area (Å²) in [6.07, 6.45) is 1.42. The summed E-state index contributed by atoms with van der Waals surface area (Å²) < 4.78 is 38.2. The standard InChI is InChI=1S/C20H20ClF2NO4/c21-14-2-5-15(6-3-14)27-10-12-1-4-16(28-11-12)9-24-20(26)13-7-17(22)19(25)18(23)8-13/h2-3,5-8,12,16,25H,1,4,9-11H2,(H,24,26)/t12-,16+/m0/s1. The lowest BCUT2D eigenvalue weighted by Gasteiger charge is -2.29. The molecular weight excluding hydrogens is 392 g/mol. The average Bonchev–Trinajstić information content (AvgIpc) is 2.70. The lowest BCUT2D eigenvalue weighted by atomic mass is 9.99. The number of benzene rings is 2. The predicted octanol–water partition coefficient (Wildman–Crippen LogP) is 3.93. The van der Waals surface area contributed by atoms with Gasteiger partial charge in [-0.1, -0.05) is 11.6 Å². The normalized spacial score (nSPS) is 19.2. The Balaban J connectivity index is 1.40. The molecule has 1 saturated heterocycles. The Morgan fingerprint density at radius 1 is 1.21 bits per heavy atom. The molecule has 0 saturated carbocycles. The highest BCUT2D eigenvalue weighted by molar-refractivity contribution is 6.30. The van der Waals surface area contributed by atoms with Crippen molar-refractivity contribution in [1.29, 1.82) is 0 Å². The van der Waals surface area contributed by atoms with Crippen LogP contribution >= 0.6 is 11.6 Å². The summed E-state index contributed by atoms with van der Waals surface area (Å²) in [6.45, 7) is 1.25. The van der Waals surface area contributed by atoms with Gasteiger partial charge in [0, 0.05) is 23.0 Å². The van der Waals surface area contributed by atoms with E-state index in [4.69, 9.17) is 26.2 Å². The van der Waals surface area contributed by atoms with Crippen LogP contribution in [0.3, 0.4) is 0 Å². The molecule has 0 bridgehead atoms. The minimum Gasteiger partial charge on any atom is -0.503 e. The fourth-order valence-electron chi connectivity index (χ4n) is 2.90. The van der Waals surface area contributed by atoms with Gasteiger partial charge in [-0.15, -0.1) is 0 Å². The van der Waals surface area contributed by atoms with Crippen molar-refractivity contribution in [3.05, 3.63) is 58.6 Å². The van der Waals surface area contributed by atoms with Crippen molar-refractivity contribution in [3.8, 4) is 11.5 Å². The zero-order valence-electron chi connectivity index (χ0n) is 15.0. The maximum atomic E-state index is 13.3. The van der Waals surface area contributed by atoms with Crippen molar-refractivity contribution < 1.29 is 28.2 Å². The van der Waals surface area contributed by atoms with Crippen molar-refractivity contribution >= 4 is 17.5 Å². The van der Waals surface area contributed by atoms with Crippen molar-refractivity contribution in [2.45, 2.75) is 18.9 Å². The van der Waals surface area contributed by atoms with Crippen LogP contribution in [-0.2, 0) is 4.74 Å². The van der Waals surface area contributed by atoms with E-state index in [-0.39, 0.29) is 24.1 Å². The van der Waals surface area contributed by atoms with Crippen LogP contribution in [0, 0.1) is 17.6 Å². The van der Waals surface area contributed by atoms with E-state index < -0.39 is 23.3 Å². The first kappa shape index (κ1) is 20.4. The number of aromatic hydroxyl groups is 1. The molecule has 3 rings (SSSR count). The molecule has 1 aliphatic heterocycles. The first-order chi connectivity index (χ1) is 13.4. The van der Waals surface area contributed by atoms with Gasteiger partial charge < -0.3 is 19.9 Å². The monoisotopic (exact) mass is 411 g/mol. The van der Waals surface area contributed by atoms with Crippen LogP contribution in [0.25, 0.3) is 0 Å². The zero-order chi connectivity index (χ0) is 20.1. The average molecular weight is 412 g/mol. The summed E-state index contributed by atoms with van der Waals surface area (Å²) >= 11 is 5.84. The first-order valence-electron chi connectivity index (χ1n) is 8.88. The highest BCUT2D eigenvalue weighted by Crippen LogP contribution is 2.23. The summed E-state index contributed by atoms with van der Waals surface area (Å²) in [5.74, 6) is -3.10. The fraction of sp³-hybridized carbons (Fsp3) is 0.350. The van der Waals surface area contributed by atoms with Crippen LogP contribution in [0.15, 0.2) is 36.4 Å². The van der Waals surface area contributed by atoms with E-state index in [2.05, 4.69) is 5.32 Å². The first-order valence-corrected chi connectivity index (χ1v) is 9.26. The molecule has 2 aromatic rings. The van der Waals surface area contributed by atoms with Gasteiger partial charge in [0.1, 0.15) is 5.75 Å². The van der Waals surface area contributed by atoms with Crippen LogP contribution < -0.4 is 10.1 Å². The number of ether oxygens (including phenoxy) is 2. The minimum atomic E-state index is -1.18. The molecule has 1 aliphatic rings. The van der Waals surface area contributed by atoms with E-state index in [0.717, 1.165) is 30.7 Å². The Kier molecular flexibility index (Phi) is 6.70. The molecule has 2 aromatic carbocycles. The summed E-state index contributed by atoms with van der Waals surface area (Å²) in [6, 6.07) is 8.72. The number of carbonyl (C=O) groups is 1. The summed E-state index contributed by atoms with van der Waals surface area (Å²) in [4.78, 5) is 12.0. The van der Waals surface area contributed by atoms with Crippen LogP contribution in [0.4, 0.5) is 8.78 Å². The number of halogens is 3. The molecule has 0 aliphatic carbocycles.